The summed E-state index contributed by atoms with van der Waals surface area (Å²) in [6.07, 6.45) is -0.123. The van der Waals surface area contributed by atoms with E-state index < -0.39 is 29.3 Å². The van der Waals surface area contributed by atoms with Crippen molar-refractivity contribution < 1.29 is 27.8 Å². The second-order valence-corrected chi connectivity index (χ2v) is 9.71. The van der Waals surface area contributed by atoms with Gasteiger partial charge in [0.15, 0.2) is 0 Å². The first kappa shape index (κ1) is 23.2. The number of amides is 1. The van der Waals surface area contributed by atoms with Crippen molar-refractivity contribution in [1.29, 1.82) is 0 Å². The van der Waals surface area contributed by atoms with Crippen LogP contribution in [0.15, 0.2) is 48.8 Å². The number of carbonyl (C=O) groups is 1. The van der Waals surface area contributed by atoms with E-state index in [-0.39, 0.29) is 24.5 Å². The van der Waals surface area contributed by atoms with Crippen molar-refractivity contribution in [1.82, 2.24) is 19.6 Å². The Morgan fingerprint density at radius 1 is 1.22 bits per heavy atom. The number of aromatic nitrogens is 2. The Morgan fingerprint density at radius 3 is 2.75 bits per heavy atom. The van der Waals surface area contributed by atoms with Crippen LogP contribution in [0.1, 0.15) is 39.2 Å². The normalized spacial score (nSPS) is 24.3. The van der Waals surface area contributed by atoms with E-state index >= 15 is 0 Å². The summed E-state index contributed by atoms with van der Waals surface area (Å²) in [5.74, 6) is -0.417. The molecule has 1 fully saturated rings. The van der Waals surface area contributed by atoms with Gasteiger partial charge in [-0.25, -0.2) is 4.98 Å². The zero-order valence-corrected chi connectivity index (χ0v) is 19.4. The highest BCUT2D eigenvalue weighted by atomic mass is 19.4. The number of alkyl halides is 3. The van der Waals surface area contributed by atoms with Crippen molar-refractivity contribution in [3.05, 3.63) is 76.7 Å². The molecule has 7 nitrogen and oxygen atoms in total. The van der Waals surface area contributed by atoms with E-state index in [0.717, 1.165) is 12.3 Å². The van der Waals surface area contributed by atoms with Gasteiger partial charge in [-0.1, -0.05) is 30.3 Å². The lowest BCUT2D eigenvalue weighted by atomic mass is 9.76. The Bertz CT molecular complexity index is 1380. The average molecular weight is 499 g/mol. The van der Waals surface area contributed by atoms with Crippen LogP contribution >= 0.6 is 0 Å². The maximum Gasteiger partial charge on any atom is 0.417 e. The van der Waals surface area contributed by atoms with Gasteiger partial charge >= 0.3 is 6.18 Å². The molecule has 188 valence electrons. The predicted molar refractivity (Wildman–Crippen MR) is 125 cm³/mol. The van der Waals surface area contributed by atoms with Gasteiger partial charge in [-0.3, -0.25) is 4.79 Å². The number of pyridine rings is 1. The maximum absolute atomic E-state index is 13.6. The molecule has 10 heteroatoms. The number of hydrogen-bond donors (Lipinski definition) is 2. The van der Waals surface area contributed by atoms with E-state index in [0.29, 0.717) is 43.7 Å². The van der Waals surface area contributed by atoms with Crippen LogP contribution in [0.5, 0.6) is 0 Å². The van der Waals surface area contributed by atoms with E-state index in [4.69, 9.17) is 4.74 Å². The standard InChI is InChI=1S/C26H25F3N4O3/c27-26(28,29)19-9-20(18-5-8-36-15-18)23-31-21(13-33(23)12-19)24(35)32-7-6-25(22(34)14-32)10-16-3-1-2-4-17(16)11-30-25/h1-5,9,12-13,22,30,34H,6-8,10-11,14-15H2/t22-,25+/m1/s1. The number of aliphatic hydroxyl groups is 1. The Morgan fingerprint density at radius 2 is 2.03 bits per heavy atom. The van der Waals surface area contributed by atoms with Gasteiger partial charge in [-0.15, -0.1) is 0 Å². The number of nitrogens with zero attached hydrogens (tertiary/aromatic N) is 3. The number of nitrogens with one attached hydrogen (secondary N) is 1. The Kier molecular flexibility index (Phi) is 5.43. The number of fused-ring (bicyclic) bond motifs is 2. The lowest BCUT2D eigenvalue weighted by molar-refractivity contribution is -0.137. The van der Waals surface area contributed by atoms with Gasteiger partial charge in [0.05, 0.1) is 30.4 Å². The molecular formula is C26H25F3N4O3. The third kappa shape index (κ3) is 3.89. The summed E-state index contributed by atoms with van der Waals surface area (Å²) >= 11 is 0. The number of piperidine rings is 1. The molecule has 0 radical (unpaired) electrons. The van der Waals surface area contributed by atoms with Crippen molar-refractivity contribution in [2.75, 3.05) is 26.3 Å². The van der Waals surface area contributed by atoms with Gasteiger partial charge in [-0.2, -0.15) is 13.2 Å². The van der Waals surface area contributed by atoms with E-state index in [1.54, 1.807) is 6.08 Å². The van der Waals surface area contributed by atoms with Crippen LogP contribution in [-0.2, 0) is 23.9 Å². The quantitative estimate of drug-likeness (QED) is 0.568. The largest absolute Gasteiger partial charge is 0.417 e. The Hall–Kier alpha value is -3.21. The highest BCUT2D eigenvalue weighted by Gasteiger charge is 2.45. The molecule has 0 bridgehead atoms. The molecule has 6 rings (SSSR count). The average Bonchev–Trinajstić information content (AvgIpc) is 3.54. The van der Waals surface area contributed by atoms with Crippen LogP contribution in [0.4, 0.5) is 13.2 Å². The fourth-order valence-corrected chi connectivity index (χ4v) is 5.48. The number of ether oxygens (including phenoxy) is 1. The number of hydrogen-bond acceptors (Lipinski definition) is 5. The van der Waals surface area contributed by atoms with Gasteiger partial charge in [0.1, 0.15) is 11.3 Å². The zero-order valence-electron chi connectivity index (χ0n) is 19.4. The van der Waals surface area contributed by atoms with E-state index in [1.807, 2.05) is 12.1 Å². The van der Waals surface area contributed by atoms with Crippen LogP contribution in [0.3, 0.4) is 0 Å². The summed E-state index contributed by atoms with van der Waals surface area (Å²) in [5.41, 5.74) is 2.26. The van der Waals surface area contributed by atoms with Crippen LogP contribution in [0, 0.1) is 0 Å². The van der Waals surface area contributed by atoms with Gasteiger partial charge in [-0.05, 0) is 35.6 Å². The molecule has 1 amide bonds. The molecule has 0 aliphatic carbocycles. The molecule has 0 unspecified atom stereocenters. The molecule has 2 aromatic heterocycles. The van der Waals surface area contributed by atoms with Crippen molar-refractivity contribution in [2.45, 2.75) is 37.2 Å². The van der Waals surface area contributed by atoms with Crippen molar-refractivity contribution >= 4 is 17.1 Å². The zero-order chi connectivity index (χ0) is 25.1. The highest BCUT2D eigenvalue weighted by Crippen LogP contribution is 2.35. The lowest BCUT2D eigenvalue weighted by Crippen LogP contribution is -2.65. The van der Waals surface area contributed by atoms with Crippen LogP contribution in [0.2, 0.25) is 0 Å². The third-order valence-electron chi connectivity index (χ3n) is 7.55. The first-order valence-corrected chi connectivity index (χ1v) is 11.9. The molecule has 1 aromatic carbocycles. The van der Waals surface area contributed by atoms with Gasteiger partial charge in [0, 0.05) is 37.6 Å². The second-order valence-electron chi connectivity index (χ2n) is 9.71. The Labute approximate surface area is 205 Å². The van der Waals surface area contributed by atoms with Crippen LogP contribution in [0.25, 0.3) is 11.2 Å². The predicted octanol–water partition coefficient (Wildman–Crippen LogP) is 3.06. The minimum atomic E-state index is -4.55. The minimum absolute atomic E-state index is 0.0418. The highest BCUT2D eigenvalue weighted by molar-refractivity contribution is 5.94. The summed E-state index contributed by atoms with van der Waals surface area (Å²) in [7, 11) is 0. The fourth-order valence-electron chi connectivity index (χ4n) is 5.48. The minimum Gasteiger partial charge on any atom is -0.389 e. The van der Waals surface area contributed by atoms with Crippen molar-refractivity contribution in [3.63, 3.8) is 0 Å². The Balaban J connectivity index is 1.27. The summed E-state index contributed by atoms with van der Waals surface area (Å²) in [4.78, 5) is 19.3. The molecule has 2 N–H and O–H groups in total. The molecule has 0 saturated carbocycles. The smallest absolute Gasteiger partial charge is 0.389 e. The number of likely N-dealkylation sites (tertiary alicyclic amines) is 1. The van der Waals surface area contributed by atoms with E-state index in [9.17, 15) is 23.1 Å². The fraction of sp³-hybridized carbons (Fsp3) is 0.385. The number of rotatable bonds is 2. The monoisotopic (exact) mass is 498 g/mol. The second kappa shape index (κ2) is 8.43. The van der Waals surface area contributed by atoms with Crippen molar-refractivity contribution in [2.24, 2.45) is 0 Å². The molecule has 1 saturated heterocycles. The van der Waals surface area contributed by atoms with Crippen LogP contribution in [-0.4, -0.2) is 63.2 Å². The van der Waals surface area contributed by atoms with Gasteiger partial charge < -0.3 is 24.5 Å². The SMILES string of the molecule is O=C(c1cn2cc(C(F)(F)F)cc(C3=CCOC3)c2n1)N1CC[C@]2(Cc3ccccc3CN2)[C@H](O)C1. The number of carbonyl (C=O) groups excluding carboxylic acids is 1. The first-order chi connectivity index (χ1) is 17.2. The molecule has 1 spiro atoms. The van der Waals surface area contributed by atoms with Gasteiger partial charge in [0.2, 0.25) is 0 Å². The summed E-state index contributed by atoms with van der Waals surface area (Å²) < 4.78 is 47.2. The van der Waals surface area contributed by atoms with Crippen molar-refractivity contribution in [3.8, 4) is 0 Å². The summed E-state index contributed by atoms with van der Waals surface area (Å²) in [6.45, 7) is 1.66. The van der Waals surface area contributed by atoms with Gasteiger partial charge in [0.25, 0.3) is 5.91 Å². The molecule has 3 aliphatic heterocycles. The number of aliphatic hydroxyl groups excluding tert-OH is 1. The van der Waals surface area contributed by atoms with Crippen LogP contribution < -0.4 is 5.32 Å². The topological polar surface area (TPSA) is 79.1 Å². The third-order valence-corrected chi connectivity index (χ3v) is 7.55. The maximum atomic E-state index is 13.6. The molecular weight excluding hydrogens is 473 g/mol. The summed E-state index contributed by atoms with van der Waals surface area (Å²) in [5, 5.41) is 14.6. The molecule has 5 heterocycles. The number of benzene rings is 1. The number of β-amino-alcohol motifs (C(OH)–C–C–N with tert-alkyl or cyclic N) is 1. The number of halogens is 3. The molecule has 2 atom stereocenters. The first-order valence-electron chi connectivity index (χ1n) is 11.9. The molecule has 3 aliphatic rings. The summed E-state index contributed by atoms with van der Waals surface area (Å²) in [6, 6.07) is 9.16. The lowest BCUT2D eigenvalue weighted by Gasteiger charge is -2.48. The van der Waals surface area contributed by atoms with E-state index in [1.165, 1.54) is 26.6 Å². The number of imidazole rings is 1. The van der Waals surface area contributed by atoms with E-state index in [2.05, 4.69) is 22.4 Å². The molecule has 3 aromatic rings. The molecule has 36 heavy (non-hydrogen) atoms.